The molecule has 2 heterocycles. The lowest BCUT2D eigenvalue weighted by Crippen LogP contribution is -2.74. The zero-order chi connectivity index (χ0) is 20.4. The lowest BCUT2D eigenvalue weighted by molar-refractivity contribution is -0.165. The summed E-state index contributed by atoms with van der Waals surface area (Å²) >= 11 is 1.48. The number of β-lactam (4-membered cyclic amide) rings is 1. The van der Waals surface area contributed by atoms with Gasteiger partial charge in [0.2, 0.25) is 12.3 Å². The van der Waals surface area contributed by atoms with Crippen LogP contribution in [0.25, 0.3) is 0 Å². The van der Waals surface area contributed by atoms with Crippen molar-refractivity contribution in [2.24, 2.45) is 0 Å². The van der Waals surface area contributed by atoms with Crippen LogP contribution in [0.3, 0.4) is 0 Å². The van der Waals surface area contributed by atoms with Gasteiger partial charge in [-0.25, -0.2) is 4.79 Å². The second kappa shape index (κ2) is 8.13. The van der Waals surface area contributed by atoms with Crippen LogP contribution in [0.15, 0.2) is 72.8 Å². The minimum absolute atomic E-state index is 0.289. The molecule has 148 valence electrons. The third kappa shape index (κ3) is 3.53. The van der Waals surface area contributed by atoms with E-state index in [1.807, 2.05) is 60.7 Å². The zero-order valence-electron chi connectivity index (χ0n) is 15.6. The van der Waals surface area contributed by atoms with Gasteiger partial charge in [-0.1, -0.05) is 67.2 Å². The molecule has 0 bridgehead atoms. The molecule has 0 aliphatic carbocycles. The van der Waals surface area contributed by atoms with Gasteiger partial charge >= 0.3 is 5.97 Å². The van der Waals surface area contributed by atoms with Crippen LogP contribution in [0, 0.1) is 0 Å². The fourth-order valence-electron chi connectivity index (χ4n) is 3.68. The quantitative estimate of drug-likeness (QED) is 0.344. The maximum atomic E-state index is 13.2. The molecule has 0 aromatic heterocycles. The van der Waals surface area contributed by atoms with Crippen molar-refractivity contribution in [3.05, 3.63) is 83.9 Å². The van der Waals surface area contributed by atoms with Crippen molar-refractivity contribution >= 4 is 30.0 Å². The normalized spacial score (nSPS) is 23.2. The van der Waals surface area contributed by atoms with Gasteiger partial charge in [0, 0.05) is 5.75 Å². The van der Waals surface area contributed by atoms with Crippen molar-refractivity contribution in [3.8, 4) is 0 Å². The summed E-state index contributed by atoms with van der Waals surface area (Å²) in [5, 5.41) is 2.23. The fraction of sp³-hybridized carbons (Fsp3) is 0.227. The van der Waals surface area contributed by atoms with Crippen LogP contribution in [-0.4, -0.2) is 46.4 Å². The molecular weight excluding hydrogens is 388 g/mol. The van der Waals surface area contributed by atoms with E-state index in [1.54, 1.807) is 0 Å². The first-order valence-corrected chi connectivity index (χ1v) is 10.3. The van der Waals surface area contributed by atoms with E-state index in [9.17, 15) is 14.4 Å². The maximum Gasteiger partial charge on any atom is 0.334 e. The maximum absolute atomic E-state index is 13.2. The number of thioether (sulfide) groups is 1. The molecule has 7 heteroatoms. The summed E-state index contributed by atoms with van der Waals surface area (Å²) in [6.45, 7) is 3.99. The molecule has 0 saturated carbocycles. The molecule has 2 amide bonds. The van der Waals surface area contributed by atoms with Gasteiger partial charge in [-0.3, -0.25) is 9.59 Å². The molecule has 3 atom stereocenters. The number of amides is 2. The molecule has 2 fully saturated rings. The van der Waals surface area contributed by atoms with Gasteiger partial charge in [-0.2, -0.15) is 0 Å². The van der Waals surface area contributed by atoms with E-state index in [1.165, 1.54) is 16.7 Å². The molecule has 4 rings (SSSR count). The van der Waals surface area contributed by atoms with Crippen LogP contribution in [0.5, 0.6) is 0 Å². The predicted molar refractivity (Wildman–Crippen MR) is 110 cm³/mol. The van der Waals surface area contributed by atoms with E-state index in [-0.39, 0.29) is 11.3 Å². The molecule has 2 aromatic rings. The van der Waals surface area contributed by atoms with Crippen molar-refractivity contribution < 1.29 is 19.1 Å². The molecule has 2 saturated heterocycles. The summed E-state index contributed by atoms with van der Waals surface area (Å²) in [5.74, 6) is -0.295. The van der Waals surface area contributed by atoms with Gasteiger partial charge in [0.15, 0.2) is 12.1 Å². The number of esters is 1. The minimum atomic E-state index is -0.853. The second-order valence-corrected chi connectivity index (χ2v) is 8.01. The highest BCUT2D eigenvalue weighted by atomic mass is 32.2. The molecule has 0 spiro atoms. The highest BCUT2D eigenvalue weighted by Crippen LogP contribution is 2.41. The van der Waals surface area contributed by atoms with Crippen LogP contribution in [0.1, 0.15) is 17.2 Å². The Kier molecular flexibility index (Phi) is 5.40. The third-order valence-corrected chi connectivity index (χ3v) is 6.47. The number of nitrogens with zero attached hydrogens (tertiary/aromatic N) is 1. The molecule has 29 heavy (non-hydrogen) atoms. The Morgan fingerprint density at radius 3 is 2.28 bits per heavy atom. The summed E-state index contributed by atoms with van der Waals surface area (Å²) in [6, 6.07) is 17.5. The number of hydrogen-bond acceptors (Lipinski definition) is 5. The molecular formula is C22H20N2O4S. The summed E-state index contributed by atoms with van der Waals surface area (Å²) in [4.78, 5) is 37.9. The SMILES string of the molecule is C=C1CS[C@@H]2C(NC=O)C(=O)N2C1C(=O)OC(c1ccccc1)c1ccccc1. The third-order valence-electron chi connectivity index (χ3n) is 5.09. The summed E-state index contributed by atoms with van der Waals surface area (Å²) < 4.78 is 5.94. The number of rotatable bonds is 6. The Morgan fingerprint density at radius 1 is 1.14 bits per heavy atom. The van der Waals surface area contributed by atoms with Crippen molar-refractivity contribution in [1.29, 1.82) is 0 Å². The zero-order valence-corrected chi connectivity index (χ0v) is 16.4. The lowest BCUT2D eigenvalue weighted by atomic mass is 9.98. The first kappa shape index (κ1) is 19.3. The Balaban J connectivity index is 1.60. The minimum Gasteiger partial charge on any atom is -0.451 e. The van der Waals surface area contributed by atoms with E-state index in [4.69, 9.17) is 4.74 Å². The summed E-state index contributed by atoms with van der Waals surface area (Å²) in [5.41, 5.74) is 2.30. The Labute approximate surface area is 172 Å². The number of hydrogen-bond donors (Lipinski definition) is 1. The fourth-order valence-corrected chi connectivity index (χ4v) is 4.99. The van der Waals surface area contributed by atoms with Gasteiger partial charge in [0.05, 0.1) is 0 Å². The molecule has 2 aliphatic heterocycles. The van der Waals surface area contributed by atoms with E-state index < -0.39 is 24.2 Å². The van der Waals surface area contributed by atoms with E-state index >= 15 is 0 Å². The van der Waals surface area contributed by atoms with Crippen molar-refractivity contribution in [2.45, 2.75) is 23.6 Å². The Morgan fingerprint density at radius 2 is 1.72 bits per heavy atom. The topological polar surface area (TPSA) is 75.7 Å². The molecule has 2 aromatic carbocycles. The van der Waals surface area contributed by atoms with Crippen molar-refractivity contribution in [1.82, 2.24) is 10.2 Å². The van der Waals surface area contributed by atoms with Crippen LogP contribution >= 0.6 is 11.8 Å². The van der Waals surface area contributed by atoms with Gasteiger partial charge in [-0.05, 0) is 16.7 Å². The van der Waals surface area contributed by atoms with Crippen LogP contribution < -0.4 is 5.32 Å². The van der Waals surface area contributed by atoms with Gasteiger partial charge in [-0.15, -0.1) is 11.8 Å². The van der Waals surface area contributed by atoms with Gasteiger partial charge in [0.25, 0.3) is 0 Å². The first-order valence-electron chi connectivity index (χ1n) is 9.23. The molecule has 2 unspecified atom stereocenters. The average molecular weight is 408 g/mol. The standard InChI is InChI=1S/C22H20N2O4S/c1-14-12-29-21-17(23-13-25)20(26)24(21)18(14)22(27)28-19(15-8-4-2-5-9-15)16-10-6-3-7-11-16/h2-11,13,17-19,21H,1,12H2,(H,23,25)/t17?,18?,21-/m1/s1. The Bertz CT molecular complexity index is 895. The van der Waals surface area contributed by atoms with Crippen LogP contribution in [0.4, 0.5) is 0 Å². The van der Waals surface area contributed by atoms with Crippen molar-refractivity contribution in [2.75, 3.05) is 5.75 Å². The summed E-state index contributed by atoms with van der Waals surface area (Å²) in [6.07, 6.45) is -0.0797. The number of carbonyl (C=O) groups excluding carboxylic acids is 3. The summed E-state index contributed by atoms with van der Waals surface area (Å²) in [7, 11) is 0. The van der Waals surface area contributed by atoms with E-state index in [0.717, 1.165) is 11.1 Å². The molecule has 1 N–H and O–H groups in total. The van der Waals surface area contributed by atoms with Crippen LogP contribution in [-0.2, 0) is 19.1 Å². The monoisotopic (exact) mass is 408 g/mol. The number of fused-ring (bicyclic) bond motifs is 1. The number of ether oxygens (including phenoxy) is 1. The molecule has 2 aliphatic rings. The first-order chi connectivity index (χ1) is 14.1. The van der Waals surface area contributed by atoms with Crippen LogP contribution in [0.2, 0.25) is 0 Å². The number of benzene rings is 2. The van der Waals surface area contributed by atoms with E-state index in [2.05, 4.69) is 11.9 Å². The largest absolute Gasteiger partial charge is 0.451 e. The molecule has 6 nitrogen and oxygen atoms in total. The second-order valence-electron chi connectivity index (χ2n) is 6.91. The Hall–Kier alpha value is -3.06. The van der Waals surface area contributed by atoms with Gasteiger partial charge in [0.1, 0.15) is 11.4 Å². The smallest absolute Gasteiger partial charge is 0.334 e. The highest BCUT2D eigenvalue weighted by Gasteiger charge is 2.56. The number of nitrogens with one attached hydrogen (secondary N) is 1. The molecule has 0 radical (unpaired) electrons. The highest BCUT2D eigenvalue weighted by molar-refractivity contribution is 8.00. The van der Waals surface area contributed by atoms with Gasteiger partial charge < -0.3 is 15.0 Å². The average Bonchev–Trinajstić information content (AvgIpc) is 2.76. The van der Waals surface area contributed by atoms with E-state index in [0.29, 0.717) is 17.7 Å². The predicted octanol–water partition coefficient (Wildman–Crippen LogP) is 2.27. The van der Waals surface area contributed by atoms with Crippen molar-refractivity contribution in [3.63, 3.8) is 0 Å². The number of carbonyl (C=O) groups is 3. The lowest BCUT2D eigenvalue weighted by Gasteiger charge is -2.52.